The zero-order valence-corrected chi connectivity index (χ0v) is 6.24. The molecule has 0 radical (unpaired) electrons. The highest BCUT2D eigenvalue weighted by Crippen LogP contribution is 2.11. The molecule has 60 valence electrons. The van der Waals surface area contributed by atoms with Crippen molar-refractivity contribution in [1.29, 1.82) is 0 Å². The lowest BCUT2D eigenvalue weighted by Crippen LogP contribution is -2.11. The number of nitrogens with two attached hydrogens (primary N) is 2. The Morgan fingerprint density at radius 3 is 2.73 bits per heavy atom. The molecule has 0 aromatic carbocycles. The molecule has 0 fully saturated rings. The molecule has 1 aromatic heterocycles. The van der Waals surface area contributed by atoms with Crippen molar-refractivity contribution in [3.8, 4) is 0 Å². The van der Waals surface area contributed by atoms with Crippen LogP contribution in [0, 0.1) is 0 Å². The second-order valence-corrected chi connectivity index (χ2v) is 2.13. The molecule has 0 aliphatic carbocycles. The second-order valence-electron chi connectivity index (χ2n) is 2.13. The monoisotopic (exact) mass is 154 g/mol. The minimum atomic E-state index is -0.105. The molecule has 0 bridgehead atoms. The topological polar surface area (TPSA) is 86.9 Å². The Morgan fingerprint density at radius 2 is 2.36 bits per heavy atom. The Morgan fingerprint density at radius 1 is 1.73 bits per heavy atom. The van der Waals surface area contributed by atoms with Crippen LogP contribution in [-0.2, 0) is 0 Å². The van der Waals surface area contributed by atoms with E-state index in [1.165, 1.54) is 10.9 Å². The zero-order valence-electron chi connectivity index (χ0n) is 6.24. The Hall–Kier alpha value is -1.52. The molecule has 1 aromatic rings. The lowest BCUT2D eigenvalue weighted by Gasteiger charge is -1.98. The van der Waals surface area contributed by atoms with Crippen molar-refractivity contribution in [3.05, 3.63) is 6.33 Å². The number of carbonyl (C=O) groups is 1. The SMILES string of the molecule is CCC(=O)n1cnc(N)c1N. The first-order valence-corrected chi connectivity index (χ1v) is 3.28. The van der Waals surface area contributed by atoms with Gasteiger partial charge in [-0.1, -0.05) is 6.92 Å². The maximum absolute atomic E-state index is 11.0. The van der Waals surface area contributed by atoms with Crippen LogP contribution < -0.4 is 11.5 Å². The molecule has 0 spiro atoms. The van der Waals surface area contributed by atoms with Gasteiger partial charge in [0.25, 0.3) is 0 Å². The molecule has 5 nitrogen and oxygen atoms in total. The molecule has 0 amide bonds. The fraction of sp³-hybridized carbons (Fsp3) is 0.333. The molecule has 1 rings (SSSR count). The minimum absolute atomic E-state index is 0.105. The molecule has 0 aliphatic heterocycles. The molecule has 11 heavy (non-hydrogen) atoms. The smallest absolute Gasteiger partial charge is 0.233 e. The molecule has 0 atom stereocenters. The average molecular weight is 154 g/mol. The van der Waals surface area contributed by atoms with E-state index in [0.717, 1.165) is 0 Å². The van der Waals surface area contributed by atoms with Crippen LogP contribution in [0.15, 0.2) is 6.33 Å². The van der Waals surface area contributed by atoms with Crippen molar-refractivity contribution in [3.63, 3.8) is 0 Å². The summed E-state index contributed by atoms with van der Waals surface area (Å²) in [6.07, 6.45) is 1.72. The van der Waals surface area contributed by atoms with Gasteiger partial charge in [-0.15, -0.1) is 0 Å². The third kappa shape index (κ3) is 1.17. The second kappa shape index (κ2) is 2.61. The number of hydrogen-bond acceptors (Lipinski definition) is 4. The first-order chi connectivity index (χ1) is 5.16. The predicted octanol–water partition coefficient (Wildman–Crippen LogP) is 0.0977. The van der Waals surface area contributed by atoms with Crippen molar-refractivity contribution in [2.75, 3.05) is 11.5 Å². The van der Waals surface area contributed by atoms with Crippen LogP contribution in [0.4, 0.5) is 11.6 Å². The number of carbonyl (C=O) groups excluding carboxylic acids is 1. The Balaban J connectivity index is 3.04. The summed E-state index contributed by atoms with van der Waals surface area (Å²) in [6.45, 7) is 1.75. The third-order valence-corrected chi connectivity index (χ3v) is 1.41. The van der Waals surface area contributed by atoms with E-state index in [1.807, 2.05) is 0 Å². The summed E-state index contributed by atoms with van der Waals surface area (Å²) in [5.74, 6) is 0.315. The van der Waals surface area contributed by atoms with Gasteiger partial charge >= 0.3 is 0 Å². The number of anilines is 2. The first kappa shape index (κ1) is 7.59. The van der Waals surface area contributed by atoms with Gasteiger partial charge in [-0.2, -0.15) is 0 Å². The Labute approximate surface area is 64.0 Å². The quantitative estimate of drug-likeness (QED) is 0.600. The Kier molecular flexibility index (Phi) is 1.80. The molecule has 0 aliphatic rings. The van der Waals surface area contributed by atoms with E-state index in [-0.39, 0.29) is 17.5 Å². The van der Waals surface area contributed by atoms with Crippen molar-refractivity contribution in [2.45, 2.75) is 13.3 Å². The van der Waals surface area contributed by atoms with Crippen molar-refractivity contribution in [1.82, 2.24) is 9.55 Å². The lowest BCUT2D eigenvalue weighted by molar-refractivity contribution is 0.0911. The van der Waals surface area contributed by atoms with Crippen LogP contribution in [0.1, 0.15) is 18.1 Å². The summed E-state index contributed by atoms with van der Waals surface area (Å²) < 4.78 is 1.25. The fourth-order valence-corrected chi connectivity index (χ4v) is 0.741. The van der Waals surface area contributed by atoms with E-state index >= 15 is 0 Å². The maximum atomic E-state index is 11.0. The molecular weight excluding hydrogens is 144 g/mol. The third-order valence-electron chi connectivity index (χ3n) is 1.41. The number of hydrogen-bond donors (Lipinski definition) is 2. The molecule has 0 unspecified atom stereocenters. The van der Waals surface area contributed by atoms with Crippen LogP contribution in [0.5, 0.6) is 0 Å². The van der Waals surface area contributed by atoms with Gasteiger partial charge in [0, 0.05) is 6.42 Å². The van der Waals surface area contributed by atoms with Gasteiger partial charge in [0.15, 0.2) is 11.6 Å². The van der Waals surface area contributed by atoms with E-state index in [0.29, 0.717) is 6.42 Å². The fourth-order valence-electron chi connectivity index (χ4n) is 0.741. The molecule has 0 saturated carbocycles. The Bertz CT molecular complexity index is 278. The number of nitrogens with zero attached hydrogens (tertiary/aromatic N) is 2. The standard InChI is InChI=1S/C6H10N4O/c1-2-4(11)10-3-9-5(7)6(10)8/h3H,2,7-8H2,1H3. The van der Waals surface area contributed by atoms with E-state index < -0.39 is 0 Å². The molecular formula is C6H10N4O. The van der Waals surface area contributed by atoms with E-state index in [1.54, 1.807) is 6.92 Å². The van der Waals surface area contributed by atoms with E-state index in [9.17, 15) is 4.79 Å². The van der Waals surface area contributed by atoms with Crippen LogP contribution in [-0.4, -0.2) is 15.5 Å². The molecule has 1 heterocycles. The van der Waals surface area contributed by atoms with E-state index in [4.69, 9.17) is 11.5 Å². The van der Waals surface area contributed by atoms with Crippen molar-refractivity contribution < 1.29 is 4.79 Å². The summed E-state index contributed by atoms with van der Waals surface area (Å²) in [5.41, 5.74) is 10.8. The van der Waals surface area contributed by atoms with Gasteiger partial charge in [-0.3, -0.25) is 9.36 Å². The largest absolute Gasteiger partial charge is 0.382 e. The summed E-state index contributed by atoms with van der Waals surface area (Å²) >= 11 is 0. The van der Waals surface area contributed by atoms with E-state index in [2.05, 4.69) is 4.98 Å². The number of aromatic nitrogens is 2. The maximum Gasteiger partial charge on any atom is 0.233 e. The highest BCUT2D eigenvalue weighted by atomic mass is 16.2. The summed E-state index contributed by atoms with van der Waals surface area (Å²) in [4.78, 5) is 14.7. The summed E-state index contributed by atoms with van der Waals surface area (Å²) in [7, 11) is 0. The molecule has 4 N–H and O–H groups in total. The van der Waals surface area contributed by atoms with Gasteiger partial charge in [0.2, 0.25) is 5.91 Å². The summed E-state index contributed by atoms with van der Waals surface area (Å²) in [6, 6.07) is 0. The molecule has 0 saturated heterocycles. The van der Waals surface area contributed by atoms with Crippen molar-refractivity contribution >= 4 is 17.5 Å². The normalized spacial score (nSPS) is 9.91. The predicted molar refractivity (Wildman–Crippen MR) is 42.0 cm³/mol. The lowest BCUT2D eigenvalue weighted by atomic mass is 10.4. The van der Waals surface area contributed by atoms with Gasteiger partial charge in [0.05, 0.1) is 0 Å². The van der Waals surface area contributed by atoms with Crippen LogP contribution in [0.25, 0.3) is 0 Å². The number of rotatable bonds is 1. The van der Waals surface area contributed by atoms with Crippen molar-refractivity contribution in [2.24, 2.45) is 0 Å². The first-order valence-electron chi connectivity index (χ1n) is 3.28. The highest BCUT2D eigenvalue weighted by molar-refractivity contribution is 5.83. The average Bonchev–Trinajstić information content (AvgIpc) is 2.32. The zero-order chi connectivity index (χ0) is 8.43. The van der Waals surface area contributed by atoms with Gasteiger partial charge in [0.1, 0.15) is 6.33 Å². The summed E-state index contributed by atoms with van der Waals surface area (Å²) in [5, 5.41) is 0. The van der Waals surface area contributed by atoms with Crippen LogP contribution >= 0.6 is 0 Å². The minimum Gasteiger partial charge on any atom is -0.382 e. The molecule has 5 heteroatoms. The number of imidazole rings is 1. The van der Waals surface area contributed by atoms with Gasteiger partial charge in [-0.05, 0) is 0 Å². The van der Waals surface area contributed by atoms with Crippen LogP contribution in [0.2, 0.25) is 0 Å². The highest BCUT2D eigenvalue weighted by Gasteiger charge is 2.08. The number of nitrogen functional groups attached to an aromatic ring is 2. The van der Waals surface area contributed by atoms with Crippen LogP contribution in [0.3, 0.4) is 0 Å². The van der Waals surface area contributed by atoms with Gasteiger partial charge < -0.3 is 11.5 Å². The van der Waals surface area contributed by atoms with Gasteiger partial charge in [-0.25, -0.2) is 4.98 Å².